The van der Waals surface area contributed by atoms with Gasteiger partial charge in [0.25, 0.3) is 5.91 Å². The van der Waals surface area contributed by atoms with E-state index in [1.54, 1.807) is 12.4 Å². The predicted octanol–water partition coefficient (Wildman–Crippen LogP) is 1.18. The number of hydrogen-bond acceptors (Lipinski definition) is 6. The van der Waals surface area contributed by atoms with Crippen molar-refractivity contribution in [3.63, 3.8) is 0 Å². The number of carboxylic acids is 1. The molecule has 0 bridgehead atoms. The zero-order valence-electron chi connectivity index (χ0n) is 13.4. The van der Waals surface area contributed by atoms with Crippen LogP contribution in [0.5, 0.6) is 0 Å². The molecule has 0 saturated heterocycles. The topological polar surface area (TPSA) is 113 Å². The first-order chi connectivity index (χ1) is 12.1. The summed E-state index contributed by atoms with van der Waals surface area (Å²) in [4.78, 5) is 30.4. The molecule has 25 heavy (non-hydrogen) atoms. The number of ether oxygens (including phenoxy) is 1. The molecular weight excluding hydrogens is 324 g/mol. The summed E-state index contributed by atoms with van der Waals surface area (Å²) in [6, 6.07) is 6.38. The summed E-state index contributed by atoms with van der Waals surface area (Å²) in [5.74, 6) is -1.18. The van der Waals surface area contributed by atoms with Crippen LogP contribution in [0, 0.1) is 0 Å². The van der Waals surface area contributed by atoms with Crippen LogP contribution in [-0.2, 0) is 11.3 Å². The van der Waals surface area contributed by atoms with E-state index in [4.69, 9.17) is 9.84 Å². The third-order valence-electron chi connectivity index (χ3n) is 3.11. The second-order valence-corrected chi connectivity index (χ2v) is 4.99. The summed E-state index contributed by atoms with van der Waals surface area (Å²) < 4.78 is 5.43. The monoisotopic (exact) mass is 342 g/mol. The molecule has 0 unspecified atom stereocenters. The third kappa shape index (κ3) is 5.94. The first kappa shape index (κ1) is 17.9. The molecule has 8 heteroatoms. The molecule has 130 valence electrons. The Morgan fingerprint density at radius 3 is 2.72 bits per heavy atom. The number of hydrogen-bond donors (Lipinski definition) is 3. The number of nitrogens with zero attached hydrogens (tertiary/aromatic N) is 2. The van der Waals surface area contributed by atoms with Crippen molar-refractivity contribution < 1.29 is 19.4 Å². The first-order valence-corrected chi connectivity index (χ1v) is 7.48. The fraction of sp³-hybridized carbons (Fsp3) is 0.176. The van der Waals surface area contributed by atoms with Gasteiger partial charge in [-0.25, -0.2) is 9.78 Å². The highest BCUT2D eigenvalue weighted by molar-refractivity contribution is 5.96. The van der Waals surface area contributed by atoms with Crippen molar-refractivity contribution in [2.75, 3.05) is 13.1 Å². The van der Waals surface area contributed by atoms with Crippen molar-refractivity contribution in [1.82, 2.24) is 20.6 Å². The predicted molar refractivity (Wildman–Crippen MR) is 89.7 cm³/mol. The van der Waals surface area contributed by atoms with Gasteiger partial charge in [0.15, 0.2) is 5.88 Å². The second kappa shape index (κ2) is 9.02. The SMILES string of the molecule is C=C(NCCNC(=O)c1ccnc(C(=O)O)c1)OCc1cccnc1. The van der Waals surface area contributed by atoms with Gasteiger partial charge in [-0.2, -0.15) is 0 Å². The van der Waals surface area contributed by atoms with E-state index in [0.29, 0.717) is 25.6 Å². The molecule has 2 aromatic rings. The Hall–Kier alpha value is -3.42. The van der Waals surface area contributed by atoms with Crippen LogP contribution >= 0.6 is 0 Å². The molecule has 0 radical (unpaired) electrons. The number of nitrogens with one attached hydrogen (secondary N) is 2. The molecule has 3 N–H and O–H groups in total. The molecule has 2 aromatic heterocycles. The highest BCUT2D eigenvalue weighted by Gasteiger charge is 2.10. The minimum atomic E-state index is -1.18. The van der Waals surface area contributed by atoms with Crippen molar-refractivity contribution in [2.45, 2.75) is 6.61 Å². The number of aromatic nitrogens is 2. The highest BCUT2D eigenvalue weighted by Crippen LogP contribution is 2.02. The summed E-state index contributed by atoms with van der Waals surface area (Å²) in [6.07, 6.45) is 4.67. The quantitative estimate of drug-likeness (QED) is 0.463. The van der Waals surface area contributed by atoms with E-state index in [1.165, 1.54) is 18.3 Å². The average Bonchev–Trinajstić information content (AvgIpc) is 2.64. The average molecular weight is 342 g/mol. The lowest BCUT2D eigenvalue weighted by Gasteiger charge is -2.12. The Bertz CT molecular complexity index is 749. The lowest BCUT2D eigenvalue weighted by atomic mass is 10.2. The standard InChI is InChI=1S/C17H18N4O4/c1-12(25-11-13-3-2-5-18-10-13)19-7-8-21-16(22)14-4-6-20-15(9-14)17(23)24/h2-6,9-10,19H,1,7-8,11H2,(H,21,22)(H,23,24). The van der Waals surface area contributed by atoms with Gasteiger partial charge in [0, 0.05) is 42.8 Å². The van der Waals surface area contributed by atoms with Crippen LogP contribution in [0.4, 0.5) is 0 Å². The molecule has 0 aromatic carbocycles. The number of aromatic carboxylic acids is 1. The van der Waals surface area contributed by atoms with Gasteiger partial charge in [0.1, 0.15) is 12.3 Å². The third-order valence-corrected chi connectivity index (χ3v) is 3.11. The number of rotatable bonds is 9. The number of pyridine rings is 2. The Labute approximate surface area is 144 Å². The molecule has 0 aliphatic rings. The van der Waals surface area contributed by atoms with E-state index >= 15 is 0 Å². The molecule has 0 aliphatic heterocycles. The normalized spacial score (nSPS) is 9.92. The summed E-state index contributed by atoms with van der Waals surface area (Å²) in [5, 5.41) is 14.5. The van der Waals surface area contributed by atoms with Crippen LogP contribution in [0.3, 0.4) is 0 Å². The van der Waals surface area contributed by atoms with E-state index in [9.17, 15) is 9.59 Å². The summed E-state index contributed by atoms with van der Waals surface area (Å²) in [5.41, 5.74) is 0.979. The largest absolute Gasteiger partial charge is 0.477 e. The molecule has 1 amide bonds. The molecule has 0 fully saturated rings. The summed E-state index contributed by atoms with van der Waals surface area (Å²) >= 11 is 0. The maximum absolute atomic E-state index is 12.0. The molecule has 0 spiro atoms. The van der Waals surface area contributed by atoms with Gasteiger partial charge in [-0.05, 0) is 24.8 Å². The zero-order chi connectivity index (χ0) is 18.1. The molecular formula is C17H18N4O4. The Morgan fingerprint density at radius 1 is 1.20 bits per heavy atom. The molecule has 2 heterocycles. The highest BCUT2D eigenvalue weighted by atomic mass is 16.5. The number of carboxylic acid groups (broad SMARTS) is 1. The first-order valence-electron chi connectivity index (χ1n) is 7.48. The summed E-state index contributed by atoms with van der Waals surface area (Å²) in [6.45, 7) is 4.81. The van der Waals surface area contributed by atoms with Crippen molar-refractivity contribution in [3.05, 3.63) is 72.1 Å². The lowest BCUT2D eigenvalue weighted by molar-refractivity contribution is 0.0690. The van der Waals surface area contributed by atoms with E-state index < -0.39 is 5.97 Å². The van der Waals surface area contributed by atoms with Crippen LogP contribution < -0.4 is 10.6 Å². The Balaban J connectivity index is 1.68. The van der Waals surface area contributed by atoms with Crippen LogP contribution in [0.1, 0.15) is 26.4 Å². The fourth-order valence-corrected chi connectivity index (χ4v) is 1.87. The number of carbonyl (C=O) groups excluding carboxylic acids is 1. The van der Waals surface area contributed by atoms with Crippen molar-refractivity contribution in [1.29, 1.82) is 0 Å². The molecule has 0 atom stereocenters. The maximum Gasteiger partial charge on any atom is 0.354 e. The van der Waals surface area contributed by atoms with Crippen molar-refractivity contribution >= 4 is 11.9 Å². The maximum atomic E-state index is 12.0. The molecule has 8 nitrogen and oxygen atoms in total. The fourth-order valence-electron chi connectivity index (χ4n) is 1.87. The molecule has 0 aliphatic carbocycles. The van der Waals surface area contributed by atoms with Gasteiger partial charge < -0.3 is 20.5 Å². The van der Waals surface area contributed by atoms with E-state index in [2.05, 4.69) is 27.2 Å². The lowest BCUT2D eigenvalue weighted by Crippen LogP contribution is -2.32. The van der Waals surface area contributed by atoms with Gasteiger partial charge in [0.2, 0.25) is 0 Å². The minimum absolute atomic E-state index is 0.178. The molecule has 2 rings (SSSR count). The van der Waals surface area contributed by atoms with Gasteiger partial charge in [-0.15, -0.1) is 0 Å². The Morgan fingerprint density at radius 2 is 2.00 bits per heavy atom. The Kier molecular flexibility index (Phi) is 6.47. The van der Waals surface area contributed by atoms with E-state index in [-0.39, 0.29) is 17.2 Å². The van der Waals surface area contributed by atoms with Crippen LogP contribution in [0.25, 0.3) is 0 Å². The van der Waals surface area contributed by atoms with E-state index in [0.717, 1.165) is 5.56 Å². The van der Waals surface area contributed by atoms with Crippen molar-refractivity contribution in [2.24, 2.45) is 0 Å². The van der Waals surface area contributed by atoms with Gasteiger partial charge in [-0.3, -0.25) is 9.78 Å². The van der Waals surface area contributed by atoms with Crippen LogP contribution in [0.2, 0.25) is 0 Å². The van der Waals surface area contributed by atoms with Crippen molar-refractivity contribution in [3.8, 4) is 0 Å². The smallest absolute Gasteiger partial charge is 0.354 e. The summed E-state index contributed by atoms with van der Waals surface area (Å²) in [7, 11) is 0. The second-order valence-electron chi connectivity index (χ2n) is 4.99. The van der Waals surface area contributed by atoms with Crippen LogP contribution in [0.15, 0.2) is 55.3 Å². The minimum Gasteiger partial charge on any atom is -0.477 e. The van der Waals surface area contributed by atoms with E-state index in [1.807, 2.05) is 12.1 Å². The zero-order valence-corrected chi connectivity index (χ0v) is 13.4. The molecule has 0 saturated carbocycles. The van der Waals surface area contributed by atoms with Gasteiger partial charge in [0.05, 0.1) is 0 Å². The van der Waals surface area contributed by atoms with Crippen LogP contribution in [-0.4, -0.2) is 40.0 Å². The number of amides is 1. The van der Waals surface area contributed by atoms with Gasteiger partial charge in [-0.1, -0.05) is 6.07 Å². The van der Waals surface area contributed by atoms with Gasteiger partial charge >= 0.3 is 5.97 Å². The number of carbonyl (C=O) groups is 2.